The van der Waals surface area contributed by atoms with Crippen molar-refractivity contribution < 1.29 is 4.79 Å². The third-order valence-electron chi connectivity index (χ3n) is 2.49. The average molecular weight is 238 g/mol. The summed E-state index contributed by atoms with van der Waals surface area (Å²) in [4.78, 5) is 17.7. The number of hydrogen-bond acceptors (Lipinski definition) is 2. The van der Waals surface area contributed by atoms with Gasteiger partial charge in [-0.15, -0.1) is 0 Å². The molecule has 1 amide bonds. The van der Waals surface area contributed by atoms with E-state index in [9.17, 15) is 4.79 Å². The molecule has 0 fully saturated rings. The van der Waals surface area contributed by atoms with E-state index in [0.29, 0.717) is 5.56 Å². The molecule has 2 rings (SSSR count). The summed E-state index contributed by atoms with van der Waals surface area (Å²) in [5.74, 6) is -0.562. The van der Waals surface area contributed by atoms with Crippen molar-refractivity contribution in [1.82, 2.24) is 4.98 Å². The number of rotatable bonds is 3. The van der Waals surface area contributed by atoms with Crippen LogP contribution in [-0.4, -0.2) is 10.9 Å². The first-order valence-electron chi connectivity index (χ1n) is 5.37. The lowest BCUT2D eigenvalue weighted by Crippen LogP contribution is -1.94. The molecule has 88 valence electrons. The topological polar surface area (TPSA) is 78.7 Å². The zero-order valence-corrected chi connectivity index (χ0v) is 9.52. The molecule has 5 heteroatoms. The van der Waals surface area contributed by atoms with Crippen molar-refractivity contribution in [2.24, 2.45) is 5.11 Å². The molecule has 5 nitrogen and oxygen atoms in total. The van der Waals surface area contributed by atoms with Crippen LogP contribution < -0.4 is 0 Å². The quantitative estimate of drug-likeness (QED) is 0.467. The third kappa shape index (κ3) is 2.93. The van der Waals surface area contributed by atoms with Gasteiger partial charge in [0.25, 0.3) is 0 Å². The maximum absolute atomic E-state index is 11.3. The Kier molecular flexibility index (Phi) is 3.69. The summed E-state index contributed by atoms with van der Waals surface area (Å²) in [6.45, 7) is 0. The van der Waals surface area contributed by atoms with Crippen LogP contribution in [0.2, 0.25) is 0 Å². The van der Waals surface area contributed by atoms with E-state index in [1.54, 1.807) is 24.5 Å². The Hall–Kier alpha value is -2.65. The molecule has 0 aliphatic rings. The van der Waals surface area contributed by atoms with E-state index < -0.39 is 5.91 Å². The van der Waals surface area contributed by atoms with Gasteiger partial charge in [0.05, 0.1) is 0 Å². The normalized spacial score (nSPS) is 9.56. The van der Waals surface area contributed by atoms with E-state index in [-0.39, 0.29) is 0 Å². The second-order valence-electron chi connectivity index (χ2n) is 3.72. The number of aromatic nitrogens is 1. The minimum absolute atomic E-state index is 0.395. The highest BCUT2D eigenvalue weighted by Crippen LogP contribution is 2.11. The second kappa shape index (κ2) is 5.61. The molecule has 0 radical (unpaired) electrons. The molecule has 1 aromatic heterocycles. The number of benzene rings is 1. The van der Waals surface area contributed by atoms with Gasteiger partial charge in [-0.3, -0.25) is 9.78 Å². The van der Waals surface area contributed by atoms with E-state index in [1.807, 2.05) is 24.3 Å². The Morgan fingerprint density at radius 1 is 1.11 bits per heavy atom. The Balaban J connectivity index is 2.13. The molecule has 0 spiro atoms. The average Bonchev–Trinajstić information content (AvgIpc) is 2.41. The van der Waals surface area contributed by atoms with Crippen LogP contribution >= 0.6 is 0 Å². The van der Waals surface area contributed by atoms with Crippen LogP contribution in [0.1, 0.15) is 21.5 Å². The number of carbonyl (C=O) groups excluding carboxylic acids is 1. The van der Waals surface area contributed by atoms with Gasteiger partial charge in [0, 0.05) is 22.9 Å². The molecular formula is C13H10N4O. The number of carbonyl (C=O) groups is 1. The molecule has 1 heterocycles. The fraction of sp³-hybridized carbons (Fsp3) is 0.0769. The van der Waals surface area contributed by atoms with Crippen molar-refractivity contribution in [1.29, 1.82) is 0 Å². The molecule has 0 aliphatic carbocycles. The molecule has 0 atom stereocenters. The van der Waals surface area contributed by atoms with E-state index in [0.717, 1.165) is 17.5 Å². The zero-order valence-electron chi connectivity index (χ0n) is 9.52. The van der Waals surface area contributed by atoms with Crippen LogP contribution in [0.25, 0.3) is 10.4 Å². The second-order valence-corrected chi connectivity index (χ2v) is 3.72. The first-order valence-corrected chi connectivity index (χ1v) is 5.37. The minimum Gasteiger partial charge on any atom is -0.287 e. The van der Waals surface area contributed by atoms with Crippen LogP contribution in [-0.2, 0) is 6.42 Å². The molecule has 18 heavy (non-hydrogen) atoms. The van der Waals surface area contributed by atoms with Gasteiger partial charge in [-0.25, -0.2) is 0 Å². The summed E-state index contributed by atoms with van der Waals surface area (Å²) < 4.78 is 0. The Morgan fingerprint density at radius 2 is 1.72 bits per heavy atom. The van der Waals surface area contributed by atoms with Crippen molar-refractivity contribution in [3.05, 3.63) is 75.9 Å². The van der Waals surface area contributed by atoms with Crippen molar-refractivity contribution >= 4 is 5.91 Å². The highest BCUT2D eigenvalue weighted by atomic mass is 16.1. The van der Waals surface area contributed by atoms with E-state index in [2.05, 4.69) is 15.0 Å². The molecular weight excluding hydrogens is 228 g/mol. The Labute approximate surface area is 104 Å². The summed E-state index contributed by atoms with van der Waals surface area (Å²) in [5.41, 5.74) is 10.8. The summed E-state index contributed by atoms with van der Waals surface area (Å²) in [7, 11) is 0. The van der Waals surface area contributed by atoms with Crippen LogP contribution in [0.5, 0.6) is 0 Å². The number of amides is 1. The summed E-state index contributed by atoms with van der Waals surface area (Å²) in [6.07, 6.45) is 4.27. The van der Waals surface area contributed by atoms with Crippen LogP contribution in [0, 0.1) is 0 Å². The van der Waals surface area contributed by atoms with Gasteiger partial charge >= 0.3 is 0 Å². The van der Waals surface area contributed by atoms with E-state index in [4.69, 9.17) is 5.53 Å². The molecule has 0 bridgehead atoms. The third-order valence-corrected chi connectivity index (χ3v) is 2.49. The van der Waals surface area contributed by atoms with Gasteiger partial charge in [-0.05, 0) is 40.3 Å². The smallest absolute Gasteiger partial charge is 0.249 e. The lowest BCUT2D eigenvalue weighted by molar-refractivity contribution is 0.100. The monoisotopic (exact) mass is 238 g/mol. The lowest BCUT2D eigenvalue weighted by atomic mass is 10.0. The van der Waals surface area contributed by atoms with Crippen molar-refractivity contribution in [3.8, 4) is 0 Å². The maximum atomic E-state index is 11.3. The Bertz CT molecular complexity index is 586. The first kappa shape index (κ1) is 11.8. The predicted molar refractivity (Wildman–Crippen MR) is 67.0 cm³/mol. The molecule has 0 saturated carbocycles. The molecule has 2 aromatic rings. The van der Waals surface area contributed by atoms with Crippen molar-refractivity contribution in [2.45, 2.75) is 6.42 Å². The largest absolute Gasteiger partial charge is 0.287 e. The van der Waals surface area contributed by atoms with Gasteiger partial charge in [0.2, 0.25) is 5.91 Å². The van der Waals surface area contributed by atoms with Crippen LogP contribution in [0.3, 0.4) is 0 Å². The minimum atomic E-state index is -0.562. The molecule has 0 aliphatic heterocycles. The number of hydrogen-bond donors (Lipinski definition) is 0. The van der Waals surface area contributed by atoms with Gasteiger partial charge in [0.1, 0.15) is 0 Å². The standard InChI is InChI=1S/C13H10N4O/c14-17-16-13(18)12-3-1-10(2-4-12)9-11-5-7-15-8-6-11/h1-8H,9H2. The van der Waals surface area contributed by atoms with Gasteiger partial charge in [0.15, 0.2) is 0 Å². The van der Waals surface area contributed by atoms with Crippen molar-refractivity contribution in [2.75, 3.05) is 0 Å². The van der Waals surface area contributed by atoms with Gasteiger partial charge in [-0.2, -0.15) is 0 Å². The first-order chi connectivity index (χ1) is 8.79. The SMILES string of the molecule is [N-]=[N+]=NC(=O)c1ccc(Cc2ccncc2)cc1. The number of pyridine rings is 1. The van der Waals surface area contributed by atoms with Crippen molar-refractivity contribution in [3.63, 3.8) is 0 Å². The lowest BCUT2D eigenvalue weighted by Gasteiger charge is -2.02. The predicted octanol–water partition coefficient (Wildman–Crippen LogP) is 3.12. The zero-order chi connectivity index (χ0) is 12.8. The molecule has 1 aromatic carbocycles. The van der Waals surface area contributed by atoms with E-state index in [1.165, 1.54) is 0 Å². The summed E-state index contributed by atoms with van der Waals surface area (Å²) in [5, 5.41) is 3.04. The molecule has 0 N–H and O–H groups in total. The number of nitrogens with zero attached hydrogens (tertiary/aromatic N) is 4. The summed E-state index contributed by atoms with van der Waals surface area (Å²) >= 11 is 0. The fourth-order valence-corrected chi connectivity index (χ4v) is 1.60. The highest BCUT2D eigenvalue weighted by Gasteiger charge is 2.02. The fourth-order valence-electron chi connectivity index (χ4n) is 1.60. The maximum Gasteiger partial charge on any atom is 0.249 e. The van der Waals surface area contributed by atoms with Gasteiger partial charge < -0.3 is 0 Å². The summed E-state index contributed by atoms with van der Waals surface area (Å²) in [6, 6.07) is 10.9. The number of azide groups is 1. The van der Waals surface area contributed by atoms with Crippen LogP contribution in [0.4, 0.5) is 0 Å². The van der Waals surface area contributed by atoms with E-state index >= 15 is 0 Å². The molecule has 0 unspecified atom stereocenters. The molecule has 0 saturated heterocycles. The van der Waals surface area contributed by atoms with Crippen LogP contribution in [0.15, 0.2) is 53.9 Å². The van der Waals surface area contributed by atoms with Gasteiger partial charge in [-0.1, -0.05) is 24.3 Å². The Morgan fingerprint density at radius 3 is 2.33 bits per heavy atom. The highest BCUT2D eigenvalue weighted by molar-refractivity contribution is 5.94.